The van der Waals surface area contributed by atoms with Crippen molar-refractivity contribution in [3.05, 3.63) is 65.3 Å². The van der Waals surface area contributed by atoms with Crippen molar-refractivity contribution in [3.8, 4) is 11.6 Å². The molecule has 1 saturated carbocycles. The molecule has 3 rings (SSSR count). The maximum atomic E-state index is 13.7. The van der Waals surface area contributed by atoms with Gasteiger partial charge in [0.1, 0.15) is 10.8 Å². The zero-order valence-corrected chi connectivity index (χ0v) is 18.0. The van der Waals surface area contributed by atoms with Gasteiger partial charge in [-0.3, -0.25) is 4.79 Å². The first-order valence-electron chi connectivity index (χ1n) is 9.63. The summed E-state index contributed by atoms with van der Waals surface area (Å²) in [5.74, 6) is -3.39. The van der Waals surface area contributed by atoms with Gasteiger partial charge in [0.15, 0.2) is 0 Å². The molecular formula is C22H18ClF6NO3. The highest BCUT2D eigenvalue weighted by molar-refractivity contribution is 6.30. The summed E-state index contributed by atoms with van der Waals surface area (Å²) in [5.41, 5.74) is -1.70. The second-order valence-corrected chi connectivity index (χ2v) is 8.42. The van der Waals surface area contributed by atoms with Gasteiger partial charge in [0, 0.05) is 6.07 Å². The van der Waals surface area contributed by atoms with Crippen molar-refractivity contribution in [2.75, 3.05) is 0 Å². The third-order valence-electron chi connectivity index (χ3n) is 5.27. The molecule has 33 heavy (non-hydrogen) atoms. The average Bonchev–Trinajstić information content (AvgIpc) is 3.25. The van der Waals surface area contributed by atoms with Gasteiger partial charge in [0.05, 0.1) is 11.6 Å². The Morgan fingerprint density at radius 2 is 1.70 bits per heavy atom. The molecule has 1 aliphatic rings. The van der Waals surface area contributed by atoms with E-state index in [0.29, 0.717) is 11.8 Å². The predicted octanol–water partition coefficient (Wildman–Crippen LogP) is 6.98. The van der Waals surface area contributed by atoms with E-state index >= 15 is 0 Å². The van der Waals surface area contributed by atoms with Gasteiger partial charge in [-0.15, -0.1) is 0 Å². The van der Waals surface area contributed by atoms with Gasteiger partial charge in [-0.2, -0.15) is 26.3 Å². The minimum Gasteiger partial charge on any atom is -0.446 e. The van der Waals surface area contributed by atoms with Crippen molar-refractivity contribution < 1.29 is 40.6 Å². The number of benzene rings is 1. The first kappa shape index (κ1) is 24.9. The van der Waals surface area contributed by atoms with Crippen molar-refractivity contribution in [1.29, 1.82) is 0 Å². The summed E-state index contributed by atoms with van der Waals surface area (Å²) in [6.45, 7) is 2.88. The zero-order valence-electron chi connectivity index (χ0n) is 17.2. The summed E-state index contributed by atoms with van der Waals surface area (Å²) < 4.78 is 89.5. The highest BCUT2D eigenvalue weighted by atomic mass is 35.5. The van der Waals surface area contributed by atoms with Gasteiger partial charge in [-0.1, -0.05) is 55.8 Å². The quantitative estimate of drug-likeness (QED) is 0.322. The van der Waals surface area contributed by atoms with Crippen LogP contribution < -0.4 is 4.74 Å². The smallest absolute Gasteiger partial charge is 0.431 e. The molecule has 0 N–H and O–H groups in total. The van der Waals surface area contributed by atoms with E-state index in [1.807, 2.05) is 0 Å². The number of para-hydroxylation sites is 1. The largest absolute Gasteiger partial charge is 0.446 e. The molecule has 1 fully saturated rings. The Kier molecular flexibility index (Phi) is 6.70. The standard InChI is InChI=1S/C22H18ClF6NO3/c1-20(2)13(11-15(23)21(24,25)26)17(20)19(31)33-18(22(27,28)29)14-9-6-10-16(30-14)32-12-7-4-3-5-8-12/h3-11,13,17-18H,1-2H3/b15-11-. The lowest BCUT2D eigenvalue weighted by Crippen LogP contribution is -2.28. The van der Waals surface area contributed by atoms with Gasteiger partial charge < -0.3 is 9.47 Å². The Morgan fingerprint density at radius 1 is 1.06 bits per heavy atom. The molecule has 11 heteroatoms. The molecule has 0 amide bonds. The van der Waals surface area contributed by atoms with Crippen molar-refractivity contribution in [2.45, 2.75) is 32.3 Å². The van der Waals surface area contributed by atoms with E-state index in [4.69, 9.17) is 21.1 Å². The number of nitrogens with zero attached hydrogens (tertiary/aromatic N) is 1. The second-order valence-electron chi connectivity index (χ2n) is 8.01. The second kappa shape index (κ2) is 8.89. The van der Waals surface area contributed by atoms with Crippen molar-refractivity contribution >= 4 is 17.6 Å². The molecule has 0 radical (unpaired) electrons. The van der Waals surface area contributed by atoms with Gasteiger partial charge in [-0.25, -0.2) is 4.98 Å². The summed E-state index contributed by atoms with van der Waals surface area (Å²) in [5, 5.41) is -1.45. The topological polar surface area (TPSA) is 48.4 Å². The third-order valence-corrected chi connectivity index (χ3v) is 5.61. The number of pyridine rings is 1. The molecule has 0 bridgehead atoms. The summed E-state index contributed by atoms with van der Waals surface area (Å²) in [7, 11) is 0. The maximum absolute atomic E-state index is 13.7. The zero-order chi connectivity index (χ0) is 24.6. The number of carbonyl (C=O) groups excluding carboxylic acids is 1. The maximum Gasteiger partial charge on any atom is 0.431 e. The van der Waals surface area contributed by atoms with Crippen LogP contribution in [0.3, 0.4) is 0 Å². The van der Waals surface area contributed by atoms with Crippen LogP contribution in [0.4, 0.5) is 26.3 Å². The Hall–Kier alpha value is -2.75. The molecule has 0 aliphatic heterocycles. The normalized spacial score (nSPS) is 21.3. The van der Waals surface area contributed by atoms with Crippen LogP contribution in [0.5, 0.6) is 11.6 Å². The number of esters is 1. The highest BCUT2D eigenvalue weighted by Gasteiger charge is 2.63. The minimum atomic E-state index is -5.03. The predicted molar refractivity (Wildman–Crippen MR) is 106 cm³/mol. The third kappa shape index (κ3) is 5.79. The van der Waals surface area contributed by atoms with E-state index < -0.39 is 52.4 Å². The van der Waals surface area contributed by atoms with Gasteiger partial charge in [0.25, 0.3) is 0 Å². The van der Waals surface area contributed by atoms with Crippen LogP contribution in [0.25, 0.3) is 0 Å². The molecule has 1 heterocycles. The molecule has 0 saturated heterocycles. The Labute approximate surface area is 190 Å². The first-order chi connectivity index (χ1) is 15.2. The van der Waals surface area contributed by atoms with Crippen LogP contribution in [-0.2, 0) is 9.53 Å². The molecule has 1 aliphatic carbocycles. The summed E-state index contributed by atoms with van der Waals surface area (Å²) in [6.07, 6.45) is -12.0. The fourth-order valence-corrected chi connectivity index (χ4v) is 3.55. The van der Waals surface area contributed by atoms with E-state index in [0.717, 1.165) is 6.07 Å². The Balaban J connectivity index is 1.81. The first-order valence-corrected chi connectivity index (χ1v) is 10.0. The summed E-state index contributed by atoms with van der Waals surface area (Å²) in [4.78, 5) is 16.3. The molecule has 4 nitrogen and oxygen atoms in total. The lowest BCUT2D eigenvalue weighted by atomic mass is 10.1. The minimum absolute atomic E-state index is 0.159. The van der Waals surface area contributed by atoms with Gasteiger partial charge in [0.2, 0.25) is 12.0 Å². The van der Waals surface area contributed by atoms with Gasteiger partial charge >= 0.3 is 18.3 Å². The average molecular weight is 494 g/mol. The van der Waals surface area contributed by atoms with E-state index in [9.17, 15) is 31.1 Å². The van der Waals surface area contributed by atoms with Crippen LogP contribution in [0, 0.1) is 17.3 Å². The summed E-state index contributed by atoms with van der Waals surface area (Å²) in [6, 6.07) is 11.8. The van der Waals surface area contributed by atoms with Crippen molar-refractivity contribution in [2.24, 2.45) is 17.3 Å². The fraction of sp³-hybridized carbons (Fsp3) is 0.364. The van der Waals surface area contributed by atoms with Crippen LogP contribution in [0.15, 0.2) is 59.6 Å². The number of carbonyl (C=O) groups is 1. The lowest BCUT2D eigenvalue weighted by molar-refractivity contribution is -0.226. The van der Waals surface area contributed by atoms with E-state index in [2.05, 4.69) is 4.98 Å². The monoisotopic (exact) mass is 493 g/mol. The number of alkyl halides is 6. The number of allylic oxidation sites excluding steroid dienone is 2. The molecule has 3 atom stereocenters. The van der Waals surface area contributed by atoms with E-state index in [1.54, 1.807) is 30.3 Å². The SMILES string of the molecule is CC1(C)C(/C=C(\Cl)C(F)(F)F)C1C(=O)OC(c1cccc(Oc2ccccc2)n1)C(F)(F)F. The van der Waals surface area contributed by atoms with E-state index in [1.165, 1.54) is 26.0 Å². The molecular weight excluding hydrogens is 476 g/mol. The van der Waals surface area contributed by atoms with Crippen molar-refractivity contribution in [1.82, 2.24) is 4.98 Å². The van der Waals surface area contributed by atoms with E-state index in [-0.39, 0.29) is 5.88 Å². The van der Waals surface area contributed by atoms with Crippen LogP contribution in [-0.4, -0.2) is 23.3 Å². The van der Waals surface area contributed by atoms with Crippen LogP contribution >= 0.6 is 11.6 Å². The number of aromatic nitrogens is 1. The molecule has 1 aromatic heterocycles. The highest BCUT2D eigenvalue weighted by Crippen LogP contribution is 2.61. The summed E-state index contributed by atoms with van der Waals surface area (Å²) >= 11 is 5.23. The fourth-order valence-electron chi connectivity index (χ4n) is 3.42. The number of hydrogen-bond acceptors (Lipinski definition) is 4. The number of ether oxygens (including phenoxy) is 2. The van der Waals surface area contributed by atoms with Gasteiger partial charge in [-0.05, 0) is 29.5 Å². The van der Waals surface area contributed by atoms with Crippen molar-refractivity contribution in [3.63, 3.8) is 0 Å². The lowest BCUT2D eigenvalue weighted by Gasteiger charge is -2.21. The van der Waals surface area contributed by atoms with Crippen LogP contribution in [0.1, 0.15) is 25.6 Å². The number of rotatable bonds is 6. The molecule has 2 aromatic rings. The molecule has 0 spiro atoms. The molecule has 3 unspecified atom stereocenters. The number of halogens is 7. The number of hydrogen-bond donors (Lipinski definition) is 0. The van der Waals surface area contributed by atoms with Crippen LogP contribution in [0.2, 0.25) is 0 Å². The molecule has 1 aromatic carbocycles. The molecule has 178 valence electrons. The Bertz CT molecular complexity index is 1040. The Morgan fingerprint density at radius 3 is 2.27 bits per heavy atom.